The number of nitrogens with zero attached hydrogens (tertiary/aromatic N) is 3. The van der Waals surface area contributed by atoms with Crippen molar-refractivity contribution in [3.8, 4) is 23.0 Å². The topological polar surface area (TPSA) is 92.2 Å². The molecule has 0 aliphatic carbocycles. The number of pyridine rings is 2. The van der Waals surface area contributed by atoms with E-state index in [-0.39, 0.29) is 17.9 Å². The van der Waals surface area contributed by atoms with Gasteiger partial charge in [0.2, 0.25) is 0 Å². The summed E-state index contributed by atoms with van der Waals surface area (Å²) in [5, 5.41) is 3.41. The van der Waals surface area contributed by atoms with Crippen LogP contribution in [0, 0.1) is 24.6 Å². The van der Waals surface area contributed by atoms with Crippen molar-refractivity contribution in [2.45, 2.75) is 45.6 Å². The van der Waals surface area contributed by atoms with Gasteiger partial charge < -0.3 is 24.5 Å². The van der Waals surface area contributed by atoms with Crippen LogP contribution < -0.4 is 15.8 Å². The third-order valence-corrected chi connectivity index (χ3v) is 7.38. The van der Waals surface area contributed by atoms with Gasteiger partial charge in [-0.2, -0.15) is 11.8 Å². The van der Waals surface area contributed by atoms with Crippen LogP contribution >= 0.6 is 11.8 Å². The van der Waals surface area contributed by atoms with Crippen molar-refractivity contribution in [1.82, 2.24) is 19.9 Å². The van der Waals surface area contributed by atoms with Crippen LogP contribution in [-0.4, -0.2) is 39.0 Å². The molecule has 212 valence electrons. The number of amides is 1. The second-order valence-electron chi connectivity index (χ2n) is 11.0. The molecule has 0 spiro atoms. The summed E-state index contributed by atoms with van der Waals surface area (Å²) in [4.78, 5) is 34.2. The fourth-order valence-electron chi connectivity index (χ4n) is 4.97. The van der Waals surface area contributed by atoms with Crippen LogP contribution in [0.4, 0.5) is 20.7 Å². The van der Waals surface area contributed by atoms with Gasteiger partial charge in [-0.1, -0.05) is 11.8 Å². The minimum absolute atomic E-state index is 0.0519. The number of carbonyl (C=O) groups excluding carboxylic acids is 1. The van der Waals surface area contributed by atoms with Crippen LogP contribution in [0.1, 0.15) is 43.0 Å². The number of benzene rings is 1. The highest BCUT2D eigenvalue weighted by Crippen LogP contribution is 2.44. The van der Waals surface area contributed by atoms with Gasteiger partial charge in [-0.15, -0.1) is 0 Å². The third kappa shape index (κ3) is 5.68. The number of halogens is 1. The molecule has 1 aliphatic heterocycles. The molecule has 5 rings (SSSR count). The Kier molecular flexibility index (Phi) is 7.58. The lowest BCUT2D eigenvalue weighted by atomic mass is 9.97. The van der Waals surface area contributed by atoms with Gasteiger partial charge in [0.25, 0.3) is 5.56 Å². The number of aryl methyl sites for hydroxylation is 2. The van der Waals surface area contributed by atoms with E-state index in [9.17, 15) is 9.59 Å². The maximum atomic E-state index is 15.7. The number of aromatic nitrogens is 3. The molecule has 0 radical (unpaired) electrons. The number of aromatic amines is 1. The zero-order valence-electron chi connectivity index (χ0n) is 23.9. The van der Waals surface area contributed by atoms with Gasteiger partial charge >= 0.3 is 6.09 Å². The van der Waals surface area contributed by atoms with Crippen molar-refractivity contribution in [3.05, 3.63) is 75.2 Å². The maximum absolute atomic E-state index is 15.7. The standard InChI is InChI=1S/C31H32FN5O3S/c1-18-10-25-22(12-20(18)17-41-6)23-16-36(5)29(38)27-26(23)21(14-34-27)15-37(25)28-24(32)11-19(13-35-28)8-7-9-33-30(39)40-31(2,3)4/h10-14,16,34H,9,15,17H2,1-6H3,(H,33,39). The number of rotatable bonds is 4. The Bertz CT molecular complexity index is 1790. The number of thioether (sulfide) groups is 1. The van der Waals surface area contributed by atoms with Crippen LogP contribution in [0.3, 0.4) is 0 Å². The van der Waals surface area contributed by atoms with Crippen molar-refractivity contribution in [3.63, 3.8) is 0 Å². The number of anilines is 2. The lowest BCUT2D eigenvalue weighted by molar-refractivity contribution is 0.0535. The molecule has 0 fully saturated rings. The molecule has 2 N–H and O–H groups in total. The predicted octanol–water partition coefficient (Wildman–Crippen LogP) is 5.77. The number of H-pyrrole nitrogens is 1. The van der Waals surface area contributed by atoms with E-state index >= 15 is 4.39 Å². The van der Waals surface area contributed by atoms with E-state index < -0.39 is 17.5 Å². The molecule has 10 heteroatoms. The highest BCUT2D eigenvalue weighted by Gasteiger charge is 2.28. The summed E-state index contributed by atoms with van der Waals surface area (Å²) < 4.78 is 22.5. The smallest absolute Gasteiger partial charge is 0.408 e. The van der Waals surface area contributed by atoms with Crippen LogP contribution in [0.25, 0.3) is 22.0 Å². The quantitative estimate of drug-likeness (QED) is 0.302. The summed E-state index contributed by atoms with van der Waals surface area (Å²) in [5.41, 5.74) is 5.98. The first kappa shape index (κ1) is 28.3. The maximum Gasteiger partial charge on any atom is 0.408 e. The van der Waals surface area contributed by atoms with Crippen molar-refractivity contribution in [2.24, 2.45) is 7.05 Å². The zero-order chi connectivity index (χ0) is 29.5. The Balaban J connectivity index is 1.54. The van der Waals surface area contributed by atoms with Gasteiger partial charge in [0.05, 0.1) is 18.8 Å². The van der Waals surface area contributed by atoms with E-state index in [0.717, 1.165) is 39.1 Å². The number of carbonyl (C=O) groups is 1. The fourth-order valence-corrected chi connectivity index (χ4v) is 5.59. The second kappa shape index (κ2) is 11.0. The average Bonchev–Trinajstić information content (AvgIpc) is 3.27. The molecule has 41 heavy (non-hydrogen) atoms. The zero-order valence-corrected chi connectivity index (χ0v) is 24.8. The molecule has 1 amide bonds. The molecule has 0 atom stereocenters. The molecule has 0 bridgehead atoms. The van der Waals surface area contributed by atoms with Crippen molar-refractivity contribution < 1.29 is 13.9 Å². The Morgan fingerprint density at radius 3 is 2.76 bits per heavy atom. The number of hydrogen-bond acceptors (Lipinski definition) is 6. The van der Waals surface area contributed by atoms with Crippen LogP contribution in [0.15, 0.2) is 41.6 Å². The molecule has 0 saturated carbocycles. The number of hydrogen-bond donors (Lipinski definition) is 2. The van der Waals surface area contributed by atoms with E-state index in [1.165, 1.54) is 17.8 Å². The lowest BCUT2D eigenvalue weighted by Crippen LogP contribution is -2.32. The SMILES string of the molecule is CSCc1cc2c(cc1C)N(c1ncc(C#CCNC(=O)OC(C)(C)C)cc1F)Cc1c[nH]c3c(=O)n(C)cc-2c13. The molecule has 1 aliphatic rings. The molecule has 3 aromatic heterocycles. The molecule has 8 nitrogen and oxygen atoms in total. The van der Waals surface area contributed by atoms with Gasteiger partial charge in [-0.05, 0) is 68.8 Å². The molecule has 4 heterocycles. The van der Waals surface area contributed by atoms with Crippen LogP contribution in [-0.2, 0) is 24.1 Å². The molecular formula is C31H32FN5O3S. The first-order valence-corrected chi connectivity index (χ1v) is 14.6. The molecular weight excluding hydrogens is 541 g/mol. The van der Waals surface area contributed by atoms with Gasteiger partial charge in [0, 0.05) is 53.5 Å². The van der Waals surface area contributed by atoms with Crippen LogP contribution in [0.2, 0.25) is 0 Å². The van der Waals surface area contributed by atoms with Gasteiger partial charge in [0.1, 0.15) is 11.1 Å². The summed E-state index contributed by atoms with van der Waals surface area (Å²) in [5.74, 6) is 6.12. The van der Waals surface area contributed by atoms with E-state index in [2.05, 4.69) is 52.4 Å². The minimum Gasteiger partial charge on any atom is -0.444 e. The van der Waals surface area contributed by atoms with Crippen molar-refractivity contribution in [2.75, 3.05) is 17.7 Å². The number of nitrogens with one attached hydrogen (secondary N) is 2. The van der Waals surface area contributed by atoms with Crippen LogP contribution in [0.5, 0.6) is 0 Å². The van der Waals surface area contributed by atoms with Crippen molar-refractivity contribution >= 4 is 40.3 Å². The fraction of sp³-hybridized carbons (Fsp3) is 0.323. The van der Waals surface area contributed by atoms with E-state index in [1.807, 2.05) is 17.3 Å². The summed E-state index contributed by atoms with van der Waals surface area (Å²) in [6.07, 6.45) is 6.69. The third-order valence-electron chi connectivity index (χ3n) is 6.78. The summed E-state index contributed by atoms with van der Waals surface area (Å²) in [7, 11) is 1.74. The van der Waals surface area contributed by atoms with E-state index in [4.69, 9.17) is 4.74 Å². The highest BCUT2D eigenvalue weighted by atomic mass is 32.2. The summed E-state index contributed by atoms with van der Waals surface area (Å²) >= 11 is 1.73. The molecule has 4 aromatic rings. The summed E-state index contributed by atoms with van der Waals surface area (Å²) in [6, 6.07) is 5.56. The average molecular weight is 574 g/mol. The Morgan fingerprint density at radius 1 is 1.27 bits per heavy atom. The van der Waals surface area contributed by atoms with E-state index in [1.54, 1.807) is 44.1 Å². The second-order valence-corrected chi connectivity index (χ2v) is 11.9. The van der Waals surface area contributed by atoms with Gasteiger partial charge in [-0.25, -0.2) is 14.2 Å². The highest BCUT2D eigenvalue weighted by molar-refractivity contribution is 7.97. The first-order chi connectivity index (χ1) is 19.5. The van der Waals surface area contributed by atoms with Gasteiger partial charge in [-0.3, -0.25) is 4.79 Å². The lowest BCUT2D eigenvalue weighted by Gasteiger charge is -2.26. The normalized spacial score (nSPS) is 12.4. The minimum atomic E-state index is -0.607. The van der Waals surface area contributed by atoms with E-state index in [0.29, 0.717) is 17.6 Å². The monoisotopic (exact) mass is 573 g/mol. The van der Waals surface area contributed by atoms with Gasteiger partial charge in [0.15, 0.2) is 11.6 Å². The molecule has 1 aromatic carbocycles. The largest absolute Gasteiger partial charge is 0.444 e. The predicted molar refractivity (Wildman–Crippen MR) is 162 cm³/mol. The first-order valence-electron chi connectivity index (χ1n) is 13.2. The number of fused-ring (bicyclic) bond motifs is 2. The summed E-state index contributed by atoms with van der Waals surface area (Å²) in [6.45, 7) is 7.76. The van der Waals surface area contributed by atoms with Crippen molar-refractivity contribution in [1.29, 1.82) is 0 Å². The molecule has 0 saturated heterocycles. The number of alkyl carbamates (subject to hydrolysis) is 1. The number of ether oxygens (including phenoxy) is 1. The Labute approximate surface area is 242 Å². The Hall–Kier alpha value is -4.23. The Morgan fingerprint density at radius 2 is 2.05 bits per heavy atom. The molecule has 0 unspecified atom stereocenters.